The predicted molar refractivity (Wildman–Crippen MR) is 132 cm³/mol. The number of hydrogen-bond acceptors (Lipinski definition) is 5. The van der Waals surface area contributed by atoms with Crippen LogP contribution in [0.25, 0.3) is 10.9 Å². The second-order valence-corrected chi connectivity index (χ2v) is 11.1. The number of aromatic nitrogens is 2. The van der Waals surface area contributed by atoms with Gasteiger partial charge >= 0.3 is 6.03 Å². The van der Waals surface area contributed by atoms with Crippen molar-refractivity contribution in [3.8, 4) is 0 Å². The van der Waals surface area contributed by atoms with Crippen LogP contribution in [0.2, 0.25) is 0 Å². The number of carbonyl (C=O) groups excluding carboxylic acids is 1. The molecule has 1 aromatic heterocycles. The summed E-state index contributed by atoms with van der Waals surface area (Å²) >= 11 is 0. The van der Waals surface area contributed by atoms with Crippen molar-refractivity contribution in [1.82, 2.24) is 15.3 Å². The van der Waals surface area contributed by atoms with Crippen LogP contribution in [0.4, 0.5) is 25.2 Å². The summed E-state index contributed by atoms with van der Waals surface area (Å²) in [6.07, 6.45) is 6.60. The number of urea groups is 1. The van der Waals surface area contributed by atoms with Gasteiger partial charge in [-0.1, -0.05) is 12.1 Å². The lowest BCUT2D eigenvalue weighted by Crippen LogP contribution is -2.65. The molecule has 4 N–H and O–H groups in total. The zero-order chi connectivity index (χ0) is 25.1. The summed E-state index contributed by atoms with van der Waals surface area (Å²) in [7, 11) is 0. The van der Waals surface area contributed by atoms with Gasteiger partial charge in [-0.05, 0) is 87.1 Å². The number of carbonyl (C=O) groups is 1. The van der Waals surface area contributed by atoms with E-state index in [1.165, 1.54) is 24.4 Å². The maximum absolute atomic E-state index is 14.7. The molecule has 4 saturated carbocycles. The van der Waals surface area contributed by atoms with Crippen molar-refractivity contribution in [2.45, 2.75) is 62.6 Å². The fourth-order valence-electron chi connectivity index (χ4n) is 7.05. The first kappa shape index (κ1) is 23.1. The van der Waals surface area contributed by atoms with E-state index in [1.807, 2.05) is 6.92 Å². The number of benzene rings is 2. The number of rotatable bonds is 5. The van der Waals surface area contributed by atoms with E-state index in [9.17, 15) is 18.7 Å². The van der Waals surface area contributed by atoms with E-state index in [2.05, 4.69) is 25.9 Å². The Kier molecular flexibility index (Phi) is 5.37. The molecule has 4 bridgehead atoms. The number of fused-ring (bicyclic) bond motifs is 1. The monoisotopic (exact) mass is 493 g/mol. The molecule has 0 radical (unpaired) electrons. The lowest BCUT2D eigenvalue weighted by atomic mass is 9.51. The van der Waals surface area contributed by atoms with Crippen molar-refractivity contribution in [2.75, 3.05) is 10.6 Å². The van der Waals surface area contributed by atoms with E-state index in [4.69, 9.17) is 0 Å². The SMILES string of the molecule is C[C@@H](Nc1cc2nc(NC(=O)NC34CC5CC(CC(O)(C5)C3)C4)ncc2cc1F)c1cccc(F)c1. The Morgan fingerprint density at radius 2 is 1.92 bits per heavy atom. The third-order valence-corrected chi connectivity index (χ3v) is 8.02. The summed E-state index contributed by atoms with van der Waals surface area (Å²) in [5.74, 6) is 0.171. The molecule has 7 nitrogen and oxygen atoms in total. The van der Waals surface area contributed by atoms with Crippen molar-refractivity contribution in [2.24, 2.45) is 11.8 Å². The van der Waals surface area contributed by atoms with E-state index < -0.39 is 23.0 Å². The molecule has 3 aromatic rings. The molecule has 188 valence electrons. The van der Waals surface area contributed by atoms with Gasteiger partial charge < -0.3 is 15.7 Å². The van der Waals surface area contributed by atoms with Gasteiger partial charge in [-0.15, -0.1) is 0 Å². The molecule has 36 heavy (non-hydrogen) atoms. The molecule has 4 aliphatic carbocycles. The zero-order valence-electron chi connectivity index (χ0n) is 20.0. The number of amides is 2. The van der Waals surface area contributed by atoms with E-state index >= 15 is 0 Å². The van der Waals surface area contributed by atoms with Crippen LogP contribution in [0.5, 0.6) is 0 Å². The molecular weight excluding hydrogens is 464 g/mol. The summed E-state index contributed by atoms with van der Waals surface area (Å²) < 4.78 is 28.3. The second kappa shape index (κ2) is 8.37. The molecule has 2 aromatic carbocycles. The second-order valence-electron chi connectivity index (χ2n) is 11.1. The van der Waals surface area contributed by atoms with Crippen LogP contribution < -0.4 is 16.0 Å². The number of hydrogen-bond donors (Lipinski definition) is 4. The summed E-state index contributed by atoms with van der Waals surface area (Å²) in [6.45, 7) is 1.82. The van der Waals surface area contributed by atoms with Gasteiger partial charge in [-0.2, -0.15) is 0 Å². The molecule has 0 spiro atoms. The average molecular weight is 494 g/mol. The van der Waals surface area contributed by atoms with E-state index in [0.29, 0.717) is 34.7 Å². The highest BCUT2D eigenvalue weighted by molar-refractivity contribution is 5.90. The molecule has 4 fully saturated rings. The largest absolute Gasteiger partial charge is 0.390 e. The van der Waals surface area contributed by atoms with E-state index in [0.717, 1.165) is 32.1 Å². The van der Waals surface area contributed by atoms with Crippen LogP contribution in [0, 0.1) is 23.5 Å². The minimum atomic E-state index is -0.674. The number of nitrogens with one attached hydrogen (secondary N) is 3. The third kappa shape index (κ3) is 4.36. The molecule has 0 aliphatic heterocycles. The van der Waals surface area contributed by atoms with E-state index in [1.54, 1.807) is 18.2 Å². The average Bonchev–Trinajstić information content (AvgIpc) is 2.77. The van der Waals surface area contributed by atoms with Gasteiger partial charge in [0.15, 0.2) is 0 Å². The first-order valence-electron chi connectivity index (χ1n) is 12.5. The van der Waals surface area contributed by atoms with Gasteiger partial charge in [0.05, 0.1) is 16.8 Å². The van der Waals surface area contributed by atoms with Crippen LogP contribution in [0.3, 0.4) is 0 Å². The molecule has 3 atom stereocenters. The number of anilines is 2. The summed E-state index contributed by atoms with van der Waals surface area (Å²) in [6, 6.07) is 8.29. The maximum Gasteiger partial charge on any atom is 0.322 e. The van der Waals surface area contributed by atoms with Crippen LogP contribution in [-0.4, -0.2) is 32.2 Å². The Morgan fingerprint density at radius 1 is 1.14 bits per heavy atom. The number of aliphatic hydroxyl groups is 1. The van der Waals surface area contributed by atoms with Crippen molar-refractivity contribution < 1.29 is 18.7 Å². The van der Waals surface area contributed by atoms with Gasteiger partial charge in [0.25, 0.3) is 0 Å². The Balaban J connectivity index is 1.18. The molecule has 4 aliphatic rings. The molecular formula is C27H29F2N5O2. The van der Waals surface area contributed by atoms with Crippen molar-refractivity contribution in [1.29, 1.82) is 0 Å². The first-order chi connectivity index (χ1) is 17.2. The van der Waals surface area contributed by atoms with Crippen molar-refractivity contribution in [3.63, 3.8) is 0 Å². The first-order valence-corrected chi connectivity index (χ1v) is 12.5. The van der Waals surface area contributed by atoms with Gasteiger partial charge in [0.1, 0.15) is 11.6 Å². The summed E-state index contributed by atoms with van der Waals surface area (Å²) in [4.78, 5) is 21.5. The minimum Gasteiger partial charge on any atom is -0.390 e. The lowest BCUT2D eigenvalue weighted by Gasteiger charge is -2.60. The molecule has 1 heterocycles. The fourth-order valence-corrected chi connectivity index (χ4v) is 7.05. The highest BCUT2D eigenvalue weighted by Gasteiger charge is 2.57. The molecule has 2 unspecified atom stereocenters. The van der Waals surface area contributed by atoms with Gasteiger partial charge in [-0.25, -0.2) is 23.5 Å². The number of halogens is 2. The molecule has 2 amide bonds. The molecule has 0 saturated heterocycles. The smallest absolute Gasteiger partial charge is 0.322 e. The van der Waals surface area contributed by atoms with Gasteiger partial charge in [-0.3, -0.25) is 5.32 Å². The molecule has 7 rings (SSSR count). The Morgan fingerprint density at radius 3 is 2.64 bits per heavy atom. The quantitative estimate of drug-likeness (QED) is 0.387. The van der Waals surface area contributed by atoms with Crippen LogP contribution in [0.15, 0.2) is 42.6 Å². The fraction of sp³-hybridized carbons (Fsp3) is 0.444. The standard InChI is InChI=1S/C27H29F2N5O2/c1-15(18-3-2-4-20(28)6-18)31-23-8-22-19(7-21(23)29)13-30-24(32-22)33-25(35)34-26-9-16-5-17(10-26)12-27(36,11-16)14-26/h2-4,6-8,13,15-17,31,36H,5,9-12,14H2,1H3,(H2,30,32,33,34,35)/t15-,16?,17?,26?,27?/m1/s1. The van der Waals surface area contributed by atoms with Gasteiger partial charge in [0, 0.05) is 23.2 Å². The zero-order valence-corrected chi connectivity index (χ0v) is 20.0. The van der Waals surface area contributed by atoms with Crippen molar-refractivity contribution in [3.05, 3.63) is 59.8 Å². The van der Waals surface area contributed by atoms with Crippen LogP contribution in [0.1, 0.15) is 57.1 Å². The summed E-state index contributed by atoms with van der Waals surface area (Å²) in [5.41, 5.74) is 0.292. The van der Waals surface area contributed by atoms with Gasteiger partial charge in [0.2, 0.25) is 5.95 Å². The van der Waals surface area contributed by atoms with Crippen LogP contribution in [-0.2, 0) is 0 Å². The van der Waals surface area contributed by atoms with E-state index in [-0.39, 0.29) is 23.5 Å². The predicted octanol–water partition coefficient (Wildman–Crippen LogP) is 5.29. The Bertz CT molecular complexity index is 1330. The Hall–Kier alpha value is -3.33. The third-order valence-electron chi connectivity index (χ3n) is 8.02. The lowest BCUT2D eigenvalue weighted by molar-refractivity contribution is -0.138. The summed E-state index contributed by atoms with van der Waals surface area (Å²) in [5, 5.41) is 20.3. The number of nitrogens with zero attached hydrogens (tertiary/aromatic N) is 2. The highest BCUT2D eigenvalue weighted by atomic mass is 19.1. The van der Waals surface area contributed by atoms with Crippen molar-refractivity contribution >= 4 is 28.6 Å². The molecule has 9 heteroatoms. The minimum absolute atomic E-state index is 0.110. The Labute approximate surface area is 207 Å². The highest BCUT2D eigenvalue weighted by Crippen LogP contribution is 2.57. The normalized spacial score (nSPS) is 29.2. The topological polar surface area (TPSA) is 99.2 Å². The maximum atomic E-state index is 14.7. The van der Waals surface area contributed by atoms with Crippen LogP contribution >= 0.6 is 0 Å².